The van der Waals surface area contributed by atoms with E-state index < -0.39 is 0 Å². The predicted octanol–water partition coefficient (Wildman–Crippen LogP) is 4.23. The molecule has 15 nitrogen and oxygen atoms in total. The molecule has 58 heavy (non-hydrogen) atoms. The van der Waals surface area contributed by atoms with Gasteiger partial charge in [0.05, 0.1) is 79.3 Å². The Kier molecular flexibility index (Phi) is 20.9. The lowest BCUT2D eigenvalue weighted by molar-refractivity contribution is 0.00433. The van der Waals surface area contributed by atoms with Gasteiger partial charge in [-0.15, -0.1) is 0 Å². The van der Waals surface area contributed by atoms with E-state index in [2.05, 4.69) is 15.6 Å². The molecule has 3 aromatic rings. The number of amides is 2. The second-order valence-electron chi connectivity index (χ2n) is 13.5. The Balaban J connectivity index is 1.26. The van der Waals surface area contributed by atoms with Crippen molar-refractivity contribution in [2.45, 2.75) is 38.5 Å². The number of nitrogens with zero attached hydrogens (tertiary/aromatic N) is 1. The molecular formula is C43H59N3O12. The highest BCUT2D eigenvalue weighted by Gasteiger charge is 2.13. The Bertz CT molecular complexity index is 1460. The molecule has 0 atom stereocenters. The van der Waals surface area contributed by atoms with Gasteiger partial charge in [-0.2, -0.15) is 0 Å². The van der Waals surface area contributed by atoms with Crippen LogP contribution in [0.25, 0.3) is 0 Å². The lowest BCUT2D eigenvalue weighted by atomic mass is 10.1. The number of nitrogens with one attached hydrogen (secondary N) is 2. The van der Waals surface area contributed by atoms with Gasteiger partial charge in [-0.3, -0.25) is 9.59 Å². The number of hydrogen-bond acceptors (Lipinski definition) is 13. The van der Waals surface area contributed by atoms with Gasteiger partial charge >= 0.3 is 0 Å². The summed E-state index contributed by atoms with van der Waals surface area (Å²) < 4.78 is 58.4. The fourth-order valence-corrected chi connectivity index (χ4v) is 6.02. The average molecular weight is 810 g/mol. The summed E-state index contributed by atoms with van der Waals surface area (Å²) in [7, 11) is 0. The molecule has 2 N–H and O–H groups in total. The molecule has 1 aromatic heterocycles. The standard InChI is InChI=1S/C43H59N3O12/c47-42-40-8-5-9-41(46-40)43(48)45-11-4-2-7-35-30-38-33-39(31-35)58-27-23-54-19-15-50-13-17-52-21-25-56-37-29-34(6-1-3-10-44-42)28-36(32-37)55-24-20-51-16-12-49-14-18-53-22-26-57-38/h5,8-9,28-33H,1-4,6-7,10-27H2,(H,44,47)(H,45,48). The largest absolute Gasteiger partial charge is 0.491 e. The minimum absolute atomic E-state index is 0.194. The first-order valence-electron chi connectivity index (χ1n) is 20.4. The topological polar surface area (TPSA) is 163 Å². The van der Waals surface area contributed by atoms with Crippen molar-refractivity contribution >= 4 is 11.8 Å². The molecule has 8 bridgehead atoms. The van der Waals surface area contributed by atoms with Crippen LogP contribution in [0.1, 0.15) is 57.8 Å². The summed E-state index contributed by atoms with van der Waals surface area (Å²) in [5, 5.41) is 5.87. The van der Waals surface area contributed by atoms with E-state index >= 15 is 0 Å². The summed E-state index contributed by atoms with van der Waals surface area (Å²) in [5.74, 6) is 2.05. The van der Waals surface area contributed by atoms with E-state index in [1.807, 2.05) is 36.4 Å². The number of pyridine rings is 1. The highest BCUT2D eigenvalue weighted by Crippen LogP contribution is 2.26. The third-order valence-electron chi connectivity index (χ3n) is 8.92. The molecule has 0 spiro atoms. The van der Waals surface area contributed by atoms with E-state index in [1.54, 1.807) is 18.2 Å². The summed E-state index contributed by atoms with van der Waals surface area (Å²) in [6.07, 6.45) is 4.61. The van der Waals surface area contributed by atoms with E-state index in [1.165, 1.54) is 0 Å². The third kappa shape index (κ3) is 18.0. The molecule has 0 fully saturated rings. The smallest absolute Gasteiger partial charge is 0.269 e. The summed E-state index contributed by atoms with van der Waals surface area (Å²) in [4.78, 5) is 30.2. The maximum Gasteiger partial charge on any atom is 0.269 e. The summed E-state index contributed by atoms with van der Waals surface area (Å²) >= 11 is 0. The molecule has 0 saturated carbocycles. The fraction of sp³-hybridized carbons (Fsp3) is 0.558. The minimum atomic E-state index is -0.327. The van der Waals surface area contributed by atoms with E-state index in [-0.39, 0.29) is 23.2 Å². The van der Waals surface area contributed by atoms with Crippen LogP contribution < -0.4 is 29.6 Å². The number of carbonyl (C=O) groups is 2. The molecule has 318 valence electrons. The van der Waals surface area contributed by atoms with Crippen LogP contribution in [-0.2, 0) is 41.3 Å². The van der Waals surface area contributed by atoms with E-state index in [4.69, 9.17) is 47.4 Å². The lowest BCUT2D eigenvalue weighted by Crippen LogP contribution is -2.28. The van der Waals surface area contributed by atoms with Crippen molar-refractivity contribution in [2.75, 3.05) is 119 Å². The maximum absolute atomic E-state index is 12.9. The number of carbonyl (C=O) groups excluding carboxylic acids is 2. The van der Waals surface area contributed by atoms with Crippen LogP contribution >= 0.6 is 0 Å². The van der Waals surface area contributed by atoms with Gasteiger partial charge < -0.3 is 58.0 Å². The quantitative estimate of drug-likeness (QED) is 0.311. The van der Waals surface area contributed by atoms with Gasteiger partial charge in [0.2, 0.25) is 0 Å². The summed E-state index contributed by atoms with van der Waals surface area (Å²) in [6.45, 7) is 7.47. The van der Waals surface area contributed by atoms with Gasteiger partial charge in [0, 0.05) is 25.2 Å². The monoisotopic (exact) mass is 809 g/mol. The van der Waals surface area contributed by atoms with Crippen LogP contribution in [0.4, 0.5) is 0 Å². The molecule has 2 aromatic carbocycles. The summed E-state index contributed by atoms with van der Waals surface area (Å²) in [6, 6.07) is 16.6. The van der Waals surface area contributed by atoms with E-state index in [9.17, 15) is 9.59 Å². The Labute approximate surface area is 341 Å². The van der Waals surface area contributed by atoms with Gasteiger partial charge in [-0.05, 0) is 86.1 Å². The number of aromatic nitrogens is 1. The summed E-state index contributed by atoms with van der Waals surface area (Å²) in [5.41, 5.74) is 2.48. The van der Waals surface area contributed by atoms with Crippen LogP contribution in [-0.4, -0.2) is 136 Å². The fourth-order valence-electron chi connectivity index (χ4n) is 6.02. The van der Waals surface area contributed by atoms with Crippen molar-refractivity contribution in [3.8, 4) is 23.0 Å². The molecule has 4 heterocycles. The Morgan fingerprint density at radius 2 is 0.707 bits per heavy atom. The van der Waals surface area contributed by atoms with Crippen molar-refractivity contribution in [1.29, 1.82) is 0 Å². The minimum Gasteiger partial charge on any atom is -0.491 e. The number of hydrogen-bond donors (Lipinski definition) is 2. The molecule has 0 saturated heterocycles. The molecule has 0 unspecified atom stereocenters. The predicted molar refractivity (Wildman–Crippen MR) is 215 cm³/mol. The highest BCUT2D eigenvalue weighted by molar-refractivity contribution is 5.96. The number of aryl methyl sites for hydroxylation is 2. The second-order valence-corrected chi connectivity index (χ2v) is 13.5. The number of benzene rings is 2. The molecular weight excluding hydrogens is 750 g/mol. The second kappa shape index (κ2) is 27.2. The van der Waals surface area contributed by atoms with Gasteiger partial charge in [0.25, 0.3) is 11.8 Å². The first-order valence-corrected chi connectivity index (χ1v) is 20.4. The average Bonchev–Trinajstić information content (AvgIpc) is 3.23. The SMILES string of the molecule is O=C1NCCCCc2cc3cc(c2)OCCOCCOCCOCCOc2cc(cc(c2)OCCOCCOCCOCCO3)CCCCNC(=O)c2cccc1n2. The van der Waals surface area contributed by atoms with Crippen molar-refractivity contribution < 1.29 is 57.0 Å². The Hall–Kier alpha value is -4.51. The van der Waals surface area contributed by atoms with E-state index in [0.717, 1.165) is 49.7 Å². The van der Waals surface area contributed by atoms with Crippen molar-refractivity contribution in [2.24, 2.45) is 0 Å². The van der Waals surface area contributed by atoms with Crippen molar-refractivity contribution in [3.05, 3.63) is 77.1 Å². The van der Waals surface area contributed by atoms with Gasteiger partial charge in [0.15, 0.2) is 0 Å². The van der Waals surface area contributed by atoms with Gasteiger partial charge in [-0.1, -0.05) is 6.07 Å². The molecule has 0 radical (unpaired) electrons. The van der Waals surface area contributed by atoms with Crippen LogP contribution in [0.15, 0.2) is 54.6 Å². The number of fused-ring (bicyclic) bond motifs is 34. The zero-order chi connectivity index (χ0) is 40.3. The van der Waals surface area contributed by atoms with Gasteiger partial charge in [0.1, 0.15) is 60.8 Å². The zero-order valence-electron chi connectivity index (χ0n) is 33.5. The normalized spacial score (nSPS) is 19.2. The molecule has 3 aliphatic rings. The maximum atomic E-state index is 12.9. The molecule has 6 rings (SSSR count). The first-order chi connectivity index (χ1) is 28.6. The van der Waals surface area contributed by atoms with Crippen molar-refractivity contribution in [3.63, 3.8) is 0 Å². The highest BCUT2D eigenvalue weighted by atomic mass is 16.6. The van der Waals surface area contributed by atoms with Gasteiger partial charge in [-0.25, -0.2) is 4.98 Å². The van der Waals surface area contributed by atoms with Crippen LogP contribution in [0.5, 0.6) is 23.0 Å². The Morgan fingerprint density at radius 1 is 0.397 bits per heavy atom. The van der Waals surface area contributed by atoms with E-state index in [0.29, 0.717) is 142 Å². The van der Waals surface area contributed by atoms with Crippen LogP contribution in [0, 0.1) is 0 Å². The molecule has 3 aliphatic heterocycles. The molecule has 0 aliphatic carbocycles. The Morgan fingerprint density at radius 3 is 1.03 bits per heavy atom. The number of rotatable bonds is 0. The number of ether oxygens (including phenoxy) is 10. The molecule has 2 amide bonds. The van der Waals surface area contributed by atoms with Crippen LogP contribution in [0.3, 0.4) is 0 Å². The first kappa shape index (κ1) is 44.6. The third-order valence-corrected chi connectivity index (χ3v) is 8.92. The zero-order valence-corrected chi connectivity index (χ0v) is 33.5. The van der Waals surface area contributed by atoms with Crippen LogP contribution in [0.2, 0.25) is 0 Å². The molecule has 15 heteroatoms. The lowest BCUT2D eigenvalue weighted by Gasteiger charge is -2.14. The van der Waals surface area contributed by atoms with Crippen molar-refractivity contribution in [1.82, 2.24) is 15.6 Å².